The maximum absolute atomic E-state index is 11.9. The molecule has 1 aliphatic rings. The first-order chi connectivity index (χ1) is 8.52. The molecule has 5 nitrogen and oxygen atoms in total. The molecule has 0 aromatic carbocycles. The van der Waals surface area contributed by atoms with Crippen molar-refractivity contribution in [3.63, 3.8) is 0 Å². The highest BCUT2D eigenvalue weighted by Crippen LogP contribution is 2.29. The van der Waals surface area contributed by atoms with Crippen LogP contribution in [0.1, 0.15) is 26.7 Å². The largest absolute Gasteiger partial charge is 0.402 e. The van der Waals surface area contributed by atoms with Crippen molar-refractivity contribution < 1.29 is 21.6 Å². The molecule has 0 bridgehead atoms. The first kappa shape index (κ1) is 16.7. The highest BCUT2D eigenvalue weighted by molar-refractivity contribution is 7.87. The van der Waals surface area contributed by atoms with Gasteiger partial charge in [0, 0.05) is 12.6 Å². The standard InChI is InChI=1S/C10H20F3N3O2S/c1-9(2)4-3-5-14-8(9)6-15-19(17,18)16-7-10(11,12)13/h8,14-16H,3-7H2,1-2H3. The van der Waals surface area contributed by atoms with Crippen molar-refractivity contribution in [3.8, 4) is 0 Å². The van der Waals surface area contributed by atoms with Crippen LogP contribution in [0.3, 0.4) is 0 Å². The fourth-order valence-electron chi connectivity index (χ4n) is 2.04. The minimum atomic E-state index is -4.56. The first-order valence-electron chi connectivity index (χ1n) is 6.06. The van der Waals surface area contributed by atoms with Crippen molar-refractivity contribution >= 4 is 10.2 Å². The van der Waals surface area contributed by atoms with E-state index in [9.17, 15) is 21.6 Å². The Labute approximate surface area is 111 Å². The average molecular weight is 303 g/mol. The van der Waals surface area contributed by atoms with E-state index in [1.165, 1.54) is 4.72 Å². The van der Waals surface area contributed by atoms with Gasteiger partial charge in [0.2, 0.25) is 0 Å². The van der Waals surface area contributed by atoms with Gasteiger partial charge in [-0.15, -0.1) is 0 Å². The van der Waals surface area contributed by atoms with Gasteiger partial charge >= 0.3 is 6.18 Å². The van der Waals surface area contributed by atoms with E-state index < -0.39 is 22.9 Å². The van der Waals surface area contributed by atoms with Gasteiger partial charge in [-0.2, -0.15) is 26.3 Å². The Morgan fingerprint density at radius 3 is 2.47 bits per heavy atom. The summed E-state index contributed by atoms with van der Waals surface area (Å²) in [5.74, 6) is 0. The van der Waals surface area contributed by atoms with Crippen molar-refractivity contribution in [2.24, 2.45) is 5.41 Å². The summed E-state index contributed by atoms with van der Waals surface area (Å²) in [7, 11) is -4.12. The molecule has 1 heterocycles. The molecular weight excluding hydrogens is 283 g/mol. The van der Waals surface area contributed by atoms with Crippen molar-refractivity contribution in [2.75, 3.05) is 19.6 Å². The van der Waals surface area contributed by atoms with Gasteiger partial charge < -0.3 is 5.32 Å². The lowest BCUT2D eigenvalue weighted by atomic mass is 9.78. The second kappa shape index (κ2) is 5.94. The molecule has 1 atom stereocenters. The molecule has 0 aromatic heterocycles. The molecule has 19 heavy (non-hydrogen) atoms. The van der Waals surface area contributed by atoms with Crippen LogP contribution in [0.4, 0.5) is 13.2 Å². The van der Waals surface area contributed by atoms with E-state index in [4.69, 9.17) is 0 Å². The van der Waals surface area contributed by atoms with Crippen LogP contribution in [-0.2, 0) is 10.2 Å². The summed E-state index contributed by atoms with van der Waals surface area (Å²) in [6.07, 6.45) is -2.61. The molecule has 114 valence electrons. The molecule has 0 amide bonds. The third-order valence-corrected chi connectivity index (χ3v) is 4.34. The van der Waals surface area contributed by atoms with Gasteiger partial charge in [-0.05, 0) is 24.8 Å². The summed E-state index contributed by atoms with van der Waals surface area (Å²) >= 11 is 0. The number of hydrogen-bond donors (Lipinski definition) is 3. The van der Waals surface area contributed by atoms with Gasteiger partial charge in [-0.25, -0.2) is 4.72 Å². The molecule has 0 saturated carbocycles. The Hall–Kier alpha value is -0.380. The van der Waals surface area contributed by atoms with Crippen LogP contribution in [0.25, 0.3) is 0 Å². The fourth-order valence-corrected chi connectivity index (χ4v) is 2.88. The van der Waals surface area contributed by atoms with Gasteiger partial charge in [0.05, 0.1) is 0 Å². The van der Waals surface area contributed by atoms with Crippen molar-refractivity contribution in [2.45, 2.75) is 38.9 Å². The summed E-state index contributed by atoms with van der Waals surface area (Å²) in [4.78, 5) is 0. The van der Waals surface area contributed by atoms with Crippen LogP contribution in [0, 0.1) is 5.41 Å². The highest BCUT2D eigenvalue weighted by atomic mass is 32.2. The van der Waals surface area contributed by atoms with Crippen LogP contribution in [0.5, 0.6) is 0 Å². The van der Waals surface area contributed by atoms with E-state index >= 15 is 0 Å². The molecular formula is C10H20F3N3O2S. The van der Waals surface area contributed by atoms with Gasteiger partial charge in [0.1, 0.15) is 6.54 Å². The normalized spacial score (nSPS) is 24.4. The van der Waals surface area contributed by atoms with Gasteiger partial charge in [-0.3, -0.25) is 0 Å². The Balaban J connectivity index is 2.46. The zero-order valence-electron chi connectivity index (χ0n) is 11.0. The summed E-state index contributed by atoms with van der Waals surface area (Å²) in [5.41, 5.74) is -0.0925. The van der Waals surface area contributed by atoms with Gasteiger partial charge in [0.15, 0.2) is 0 Å². The summed E-state index contributed by atoms with van der Waals surface area (Å²) in [6.45, 7) is 3.29. The highest BCUT2D eigenvalue weighted by Gasteiger charge is 2.33. The third kappa shape index (κ3) is 6.07. The molecule has 3 N–H and O–H groups in total. The smallest absolute Gasteiger partial charge is 0.312 e. The van der Waals surface area contributed by atoms with E-state index in [0.29, 0.717) is 0 Å². The van der Waals surface area contributed by atoms with Crippen LogP contribution in [-0.4, -0.2) is 40.3 Å². The van der Waals surface area contributed by atoms with Gasteiger partial charge in [0.25, 0.3) is 10.2 Å². The third-order valence-electron chi connectivity index (χ3n) is 3.27. The van der Waals surface area contributed by atoms with Crippen molar-refractivity contribution in [1.29, 1.82) is 0 Å². The monoisotopic (exact) mass is 303 g/mol. The van der Waals surface area contributed by atoms with Crippen molar-refractivity contribution in [3.05, 3.63) is 0 Å². The molecule has 1 saturated heterocycles. The second-order valence-corrected chi connectivity index (χ2v) is 6.97. The number of nitrogens with one attached hydrogen (secondary N) is 3. The van der Waals surface area contributed by atoms with E-state index in [0.717, 1.165) is 19.4 Å². The number of halogens is 3. The van der Waals surface area contributed by atoms with Gasteiger partial charge in [-0.1, -0.05) is 13.8 Å². The minimum absolute atomic E-state index is 0.0696. The Kier molecular flexibility index (Phi) is 5.21. The van der Waals surface area contributed by atoms with Crippen LogP contribution >= 0.6 is 0 Å². The maximum atomic E-state index is 11.9. The molecule has 1 unspecified atom stereocenters. The molecule has 1 rings (SSSR count). The number of rotatable bonds is 5. The number of hydrogen-bond acceptors (Lipinski definition) is 3. The lowest BCUT2D eigenvalue weighted by molar-refractivity contribution is -0.121. The summed E-state index contributed by atoms with van der Waals surface area (Å²) in [6, 6.07) is -0.0938. The Bertz CT molecular complexity index is 395. The minimum Gasteiger partial charge on any atom is -0.312 e. The van der Waals surface area contributed by atoms with E-state index in [1.54, 1.807) is 0 Å². The van der Waals surface area contributed by atoms with Crippen LogP contribution in [0.15, 0.2) is 0 Å². The average Bonchev–Trinajstić information content (AvgIpc) is 2.24. The second-order valence-electron chi connectivity index (χ2n) is 5.39. The molecule has 0 aromatic rings. The molecule has 0 aliphatic carbocycles. The zero-order valence-corrected chi connectivity index (χ0v) is 11.8. The first-order valence-corrected chi connectivity index (χ1v) is 7.55. The topological polar surface area (TPSA) is 70.2 Å². The van der Waals surface area contributed by atoms with Crippen molar-refractivity contribution in [1.82, 2.24) is 14.8 Å². The quantitative estimate of drug-likeness (QED) is 0.702. The fraction of sp³-hybridized carbons (Fsp3) is 1.00. The summed E-state index contributed by atoms with van der Waals surface area (Å²) < 4.78 is 62.2. The molecule has 9 heteroatoms. The van der Waals surface area contributed by atoms with E-state index in [-0.39, 0.29) is 18.0 Å². The Morgan fingerprint density at radius 2 is 1.95 bits per heavy atom. The number of piperidine rings is 1. The zero-order chi connectivity index (χ0) is 14.7. The SMILES string of the molecule is CC1(C)CCCNC1CNS(=O)(=O)NCC(F)(F)F. The Morgan fingerprint density at radius 1 is 1.32 bits per heavy atom. The predicted octanol–water partition coefficient (Wildman–Crippen LogP) is 0.751. The lowest BCUT2D eigenvalue weighted by Gasteiger charge is -2.39. The lowest BCUT2D eigenvalue weighted by Crippen LogP contribution is -2.54. The molecule has 0 spiro atoms. The van der Waals surface area contributed by atoms with E-state index in [2.05, 4.69) is 10.0 Å². The predicted molar refractivity (Wildman–Crippen MR) is 65.8 cm³/mol. The van der Waals surface area contributed by atoms with E-state index in [1.807, 2.05) is 13.8 Å². The summed E-state index contributed by atoms with van der Waals surface area (Å²) in [5, 5.41) is 3.18. The molecule has 1 fully saturated rings. The molecule has 0 radical (unpaired) electrons. The van der Waals surface area contributed by atoms with Crippen LogP contribution in [0.2, 0.25) is 0 Å². The number of alkyl halides is 3. The van der Waals surface area contributed by atoms with Crippen LogP contribution < -0.4 is 14.8 Å². The molecule has 1 aliphatic heterocycles. The maximum Gasteiger partial charge on any atom is 0.402 e.